The minimum Gasteiger partial charge on any atom is -0.508 e. The maximum atomic E-state index is 11.9. The van der Waals surface area contributed by atoms with Crippen molar-refractivity contribution in [2.75, 3.05) is 0 Å². The van der Waals surface area contributed by atoms with E-state index in [2.05, 4.69) is 31.9 Å². The van der Waals surface area contributed by atoms with Crippen LogP contribution in [0.3, 0.4) is 0 Å². The highest BCUT2D eigenvalue weighted by atomic mass is 79.9. The summed E-state index contributed by atoms with van der Waals surface area (Å²) in [5, 5.41) is 66.1. The van der Waals surface area contributed by atoms with Gasteiger partial charge in [-0.3, -0.25) is 0 Å². The SMILES string of the molecule is O=C(O)c1c(O)ccc2ccccc12.O=C(O)c1ccccc1O.Oc1ccc2ccccc2c1Br.Oc1cccc(C(F)(F)F)c1.Oc1ccccc1Br. The van der Waals surface area contributed by atoms with E-state index in [1.807, 2.05) is 42.5 Å². The van der Waals surface area contributed by atoms with Crippen molar-refractivity contribution in [2.24, 2.45) is 0 Å². The zero-order chi connectivity index (χ0) is 40.7. The summed E-state index contributed by atoms with van der Waals surface area (Å²) in [7, 11) is 0. The van der Waals surface area contributed by atoms with Gasteiger partial charge in [0.15, 0.2) is 0 Å². The lowest BCUT2D eigenvalue weighted by atomic mass is 10.0. The number of carboxylic acid groups (broad SMARTS) is 2. The second-order valence-electron chi connectivity index (χ2n) is 10.9. The van der Waals surface area contributed by atoms with E-state index in [0.717, 1.165) is 37.2 Å². The zero-order valence-electron chi connectivity index (χ0n) is 28.2. The molecule has 7 N–H and O–H groups in total. The molecule has 0 fully saturated rings. The minimum atomic E-state index is -4.38. The van der Waals surface area contributed by atoms with Gasteiger partial charge in [-0.2, -0.15) is 13.2 Å². The van der Waals surface area contributed by atoms with Crippen LogP contribution in [-0.4, -0.2) is 47.7 Å². The minimum absolute atomic E-state index is 0.0388. The van der Waals surface area contributed by atoms with Gasteiger partial charge in [0.05, 0.1) is 14.5 Å². The van der Waals surface area contributed by atoms with E-state index in [1.165, 1.54) is 24.3 Å². The largest absolute Gasteiger partial charge is 0.508 e. The van der Waals surface area contributed by atoms with E-state index in [1.54, 1.807) is 60.7 Å². The van der Waals surface area contributed by atoms with Crippen molar-refractivity contribution in [3.05, 3.63) is 171 Å². The van der Waals surface area contributed by atoms with Crippen LogP contribution < -0.4 is 0 Å². The number of phenols is 5. The van der Waals surface area contributed by atoms with Crippen molar-refractivity contribution < 1.29 is 58.5 Å². The van der Waals surface area contributed by atoms with Gasteiger partial charge < -0.3 is 35.7 Å². The van der Waals surface area contributed by atoms with Gasteiger partial charge in [0.1, 0.15) is 39.9 Å². The lowest BCUT2D eigenvalue weighted by Gasteiger charge is -2.05. The highest BCUT2D eigenvalue weighted by Crippen LogP contribution is 2.32. The maximum absolute atomic E-state index is 11.9. The van der Waals surface area contributed by atoms with Gasteiger partial charge in [-0.15, -0.1) is 0 Å². The van der Waals surface area contributed by atoms with Crippen LogP contribution in [0.1, 0.15) is 26.3 Å². The summed E-state index contributed by atoms with van der Waals surface area (Å²) in [4.78, 5) is 21.1. The number of para-hydroxylation sites is 2. The van der Waals surface area contributed by atoms with Crippen LogP contribution in [-0.2, 0) is 6.18 Å². The lowest BCUT2D eigenvalue weighted by Crippen LogP contribution is -2.03. The summed E-state index contributed by atoms with van der Waals surface area (Å²) >= 11 is 6.48. The summed E-state index contributed by atoms with van der Waals surface area (Å²) in [6, 6.07) is 38.4. The van der Waals surface area contributed by atoms with Crippen LogP contribution in [0, 0.1) is 0 Å². The van der Waals surface area contributed by atoms with Gasteiger partial charge in [0.2, 0.25) is 0 Å². The number of carbonyl (C=O) groups is 2. The van der Waals surface area contributed by atoms with E-state index in [4.69, 9.17) is 25.5 Å². The Hall–Kier alpha value is -6.25. The third kappa shape index (κ3) is 13.0. The van der Waals surface area contributed by atoms with Crippen molar-refractivity contribution in [1.29, 1.82) is 0 Å². The fraction of sp³-hybridized carbons (Fsp3) is 0.0244. The number of hydrogen-bond acceptors (Lipinski definition) is 7. The molecule has 55 heavy (non-hydrogen) atoms. The Bertz CT molecular complexity index is 2360. The first kappa shape index (κ1) is 43.2. The molecule has 7 aromatic rings. The normalized spacial score (nSPS) is 10.2. The molecule has 0 amide bonds. The molecule has 7 rings (SSSR count). The van der Waals surface area contributed by atoms with E-state index in [-0.39, 0.29) is 39.9 Å². The number of carboxylic acids is 2. The third-order valence-electron chi connectivity index (χ3n) is 7.12. The quantitative estimate of drug-likeness (QED) is 0.0891. The van der Waals surface area contributed by atoms with Gasteiger partial charge in [0.25, 0.3) is 0 Å². The van der Waals surface area contributed by atoms with Crippen LogP contribution in [0.2, 0.25) is 0 Å². The molecule has 0 unspecified atom stereocenters. The molecule has 0 aliphatic rings. The average molecular weight is 884 g/mol. The predicted molar refractivity (Wildman–Crippen MR) is 210 cm³/mol. The molecule has 0 aromatic heterocycles. The Kier molecular flexibility index (Phi) is 15.9. The van der Waals surface area contributed by atoms with E-state index < -0.39 is 23.7 Å². The number of benzene rings is 7. The van der Waals surface area contributed by atoms with Gasteiger partial charge in [0, 0.05) is 0 Å². The van der Waals surface area contributed by atoms with Crippen molar-refractivity contribution in [2.45, 2.75) is 6.18 Å². The van der Waals surface area contributed by atoms with Crippen molar-refractivity contribution >= 4 is 65.3 Å². The van der Waals surface area contributed by atoms with Gasteiger partial charge in [-0.1, -0.05) is 91.0 Å². The smallest absolute Gasteiger partial charge is 0.416 e. The molecule has 284 valence electrons. The molecule has 0 aliphatic heterocycles. The van der Waals surface area contributed by atoms with Crippen LogP contribution in [0.25, 0.3) is 21.5 Å². The number of aromatic carboxylic acids is 2. The summed E-state index contributed by atoms with van der Waals surface area (Å²) in [6.45, 7) is 0. The number of aromatic hydroxyl groups is 5. The zero-order valence-corrected chi connectivity index (χ0v) is 31.4. The van der Waals surface area contributed by atoms with Gasteiger partial charge in [-0.25, -0.2) is 9.59 Å². The fourth-order valence-electron chi connectivity index (χ4n) is 4.50. The topological polar surface area (TPSA) is 176 Å². The van der Waals surface area contributed by atoms with Crippen LogP contribution in [0.15, 0.2) is 155 Å². The molecule has 0 saturated carbocycles. The number of alkyl halides is 3. The first-order valence-electron chi connectivity index (χ1n) is 15.6. The monoisotopic (exact) mass is 882 g/mol. The van der Waals surface area contributed by atoms with Crippen LogP contribution in [0.4, 0.5) is 13.2 Å². The molecule has 0 saturated heterocycles. The van der Waals surface area contributed by atoms with Crippen LogP contribution >= 0.6 is 31.9 Å². The molecule has 0 spiro atoms. The second kappa shape index (κ2) is 20.3. The summed E-state index contributed by atoms with van der Waals surface area (Å²) in [6.07, 6.45) is -4.38. The molecule has 0 bridgehead atoms. The number of rotatable bonds is 2. The van der Waals surface area contributed by atoms with Crippen molar-refractivity contribution in [3.63, 3.8) is 0 Å². The standard InChI is InChI=1S/C11H8O3.C10H7BrO.C7H5F3O.C7H6O3.C6H5BrO/c12-9-6-5-7-3-1-2-4-8(7)10(9)11(13)14;11-10-8-4-2-1-3-7(8)5-6-9(10)12;8-7(9,10)5-2-1-3-6(11)4-5;8-6-4-2-1-3-5(6)7(9)10;7-5-3-1-2-4-6(5)8/h1-6,12H,(H,13,14);1-6,12H;1-4,11H;1-4,8H,(H,9,10);1-4,8H. The Balaban J connectivity index is 0.000000187. The number of hydrogen-bond donors (Lipinski definition) is 7. The lowest BCUT2D eigenvalue weighted by molar-refractivity contribution is -0.137. The third-order valence-corrected chi connectivity index (χ3v) is 8.63. The second-order valence-corrected chi connectivity index (χ2v) is 12.6. The summed E-state index contributed by atoms with van der Waals surface area (Å²) in [5.74, 6) is -2.43. The van der Waals surface area contributed by atoms with Crippen molar-refractivity contribution in [3.8, 4) is 28.7 Å². The Morgan fingerprint density at radius 2 is 1.00 bits per heavy atom. The number of phenolic OH excluding ortho intramolecular Hbond substituents is 3. The molecular formula is C41H31Br2F3O9. The Morgan fingerprint density at radius 1 is 0.491 bits per heavy atom. The first-order valence-corrected chi connectivity index (χ1v) is 17.2. The summed E-state index contributed by atoms with van der Waals surface area (Å²) < 4.78 is 37.1. The van der Waals surface area contributed by atoms with E-state index in [0.29, 0.717) is 11.5 Å². The molecule has 0 aliphatic carbocycles. The number of halogens is 5. The van der Waals surface area contributed by atoms with Crippen molar-refractivity contribution in [1.82, 2.24) is 0 Å². The summed E-state index contributed by atoms with van der Waals surface area (Å²) in [5.41, 5.74) is -0.942. The van der Waals surface area contributed by atoms with E-state index in [9.17, 15) is 33.0 Å². The van der Waals surface area contributed by atoms with Gasteiger partial charge in [-0.05, 0) is 108 Å². The predicted octanol–water partition coefficient (Wildman–Crippen LogP) is 11.2. The van der Waals surface area contributed by atoms with Crippen LogP contribution in [0.5, 0.6) is 28.7 Å². The Morgan fingerprint density at radius 3 is 1.47 bits per heavy atom. The molecule has 7 aromatic carbocycles. The first-order chi connectivity index (χ1) is 26.0. The highest BCUT2D eigenvalue weighted by Gasteiger charge is 2.30. The maximum Gasteiger partial charge on any atom is 0.416 e. The molecule has 14 heteroatoms. The molecule has 0 radical (unpaired) electrons. The fourth-order valence-corrected chi connectivity index (χ4v) is 5.27. The molecule has 0 atom stereocenters. The Labute approximate surface area is 328 Å². The molecular weight excluding hydrogens is 853 g/mol. The average Bonchev–Trinajstić information content (AvgIpc) is 3.15. The van der Waals surface area contributed by atoms with E-state index >= 15 is 0 Å². The van der Waals surface area contributed by atoms with Gasteiger partial charge >= 0.3 is 18.1 Å². The molecule has 9 nitrogen and oxygen atoms in total. The number of fused-ring (bicyclic) bond motifs is 2. The highest BCUT2D eigenvalue weighted by molar-refractivity contribution is 9.11. The molecule has 0 heterocycles.